The topological polar surface area (TPSA) is 72.3 Å². The van der Waals surface area contributed by atoms with Crippen LogP contribution < -0.4 is 16.4 Å². The molecule has 1 aliphatic rings. The van der Waals surface area contributed by atoms with Gasteiger partial charge in [0.15, 0.2) is 0 Å². The first kappa shape index (κ1) is 15.0. The van der Waals surface area contributed by atoms with Crippen molar-refractivity contribution in [3.8, 4) is 0 Å². The second kappa shape index (κ2) is 5.92. The third-order valence-electron chi connectivity index (χ3n) is 3.57. The lowest BCUT2D eigenvalue weighted by atomic mass is 10.1. The SMILES string of the molecule is CC(C)CCN(c1c(Cl)cc(N)cc1C(N)=O)C1CC1. The van der Waals surface area contributed by atoms with Gasteiger partial charge in [-0.2, -0.15) is 0 Å². The van der Waals surface area contributed by atoms with Crippen LogP contribution in [0.2, 0.25) is 5.02 Å². The summed E-state index contributed by atoms with van der Waals surface area (Å²) in [5.74, 6) is 0.116. The van der Waals surface area contributed by atoms with Crippen molar-refractivity contribution in [1.82, 2.24) is 0 Å². The lowest BCUT2D eigenvalue weighted by Crippen LogP contribution is -2.30. The number of nitrogen functional groups attached to an aromatic ring is 1. The molecular formula is C15H22ClN3O. The molecule has 0 aromatic heterocycles. The number of primary amides is 1. The predicted molar refractivity (Wildman–Crippen MR) is 84.2 cm³/mol. The maximum Gasteiger partial charge on any atom is 0.250 e. The van der Waals surface area contributed by atoms with Crippen molar-refractivity contribution in [2.75, 3.05) is 17.2 Å². The molecule has 0 heterocycles. The molecular weight excluding hydrogens is 274 g/mol. The summed E-state index contributed by atoms with van der Waals surface area (Å²) in [4.78, 5) is 13.9. The van der Waals surface area contributed by atoms with Crippen LogP contribution in [0.3, 0.4) is 0 Å². The molecule has 4 N–H and O–H groups in total. The second-order valence-electron chi connectivity index (χ2n) is 5.87. The number of carbonyl (C=O) groups is 1. The van der Waals surface area contributed by atoms with Gasteiger partial charge in [0.05, 0.1) is 16.3 Å². The summed E-state index contributed by atoms with van der Waals surface area (Å²) in [6.07, 6.45) is 3.32. The molecule has 0 saturated heterocycles. The van der Waals surface area contributed by atoms with E-state index < -0.39 is 5.91 Å². The third kappa shape index (κ3) is 3.37. The zero-order valence-electron chi connectivity index (χ0n) is 12.0. The Morgan fingerprint density at radius 1 is 1.45 bits per heavy atom. The average Bonchev–Trinajstić information content (AvgIpc) is 3.14. The molecule has 1 amide bonds. The van der Waals surface area contributed by atoms with E-state index in [1.54, 1.807) is 12.1 Å². The summed E-state index contributed by atoms with van der Waals surface area (Å²) >= 11 is 6.33. The summed E-state index contributed by atoms with van der Waals surface area (Å²) in [6, 6.07) is 3.77. The van der Waals surface area contributed by atoms with Crippen molar-refractivity contribution < 1.29 is 4.79 Å². The van der Waals surface area contributed by atoms with Gasteiger partial charge in [-0.05, 0) is 37.3 Å². The van der Waals surface area contributed by atoms with Gasteiger partial charge >= 0.3 is 0 Å². The van der Waals surface area contributed by atoms with Crippen LogP contribution in [0.1, 0.15) is 43.5 Å². The standard InChI is InChI=1S/C15H22ClN3O/c1-9(2)5-6-19(11-3-4-11)14-12(15(18)20)7-10(17)8-13(14)16/h7-9,11H,3-6,17H2,1-2H3,(H2,18,20). The zero-order valence-corrected chi connectivity index (χ0v) is 12.8. The molecule has 110 valence electrons. The number of anilines is 2. The quantitative estimate of drug-likeness (QED) is 0.792. The van der Waals surface area contributed by atoms with Crippen LogP contribution in [0.25, 0.3) is 0 Å². The van der Waals surface area contributed by atoms with Crippen LogP contribution >= 0.6 is 11.6 Å². The van der Waals surface area contributed by atoms with Gasteiger partial charge < -0.3 is 16.4 Å². The van der Waals surface area contributed by atoms with Crippen molar-refractivity contribution in [3.05, 3.63) is 22.7 Å². The fraction of sp³-hybridized carbons (Fsp3) is 0.533. The number of amides is 1. The highest BCUT2D eigenvalue weighted by Crippen LogP contribution is 2.39. The van der Waals surface area contributed by atoms with Crippen LogP contribution in [0.15, 0.2) is 12.1 Å². The summed E-state index contributed by atoms with van der Waals surface area (Å²) in [6.45, 7) is 5.25. The highest BCUT2D eigenvalue weighted by Gasteiger charge is 2.32. The Kier molecular flexibility index (Phi) is 4.43. The molecule has 5 heteroatoms. The van der Waals surface area contributed by atoms with Gasteiger partial charge in [0.1, 0.15) is 0 Å². The number of halogens is 1. The van der Waals surface area contributed by atoms with E-state index in [1.165, 1.54) is 0 Å². The number of carbonyl (C=O) groups excluding carboxylic acids is 1. The van der Waals surface area contributed by atoms with Crippen LogP contribution in [-0.4, -0.2) is 18.5 Å². The van der Waals surface area contributed by atoms with E-state index >= 15 is 0 Å². The number of hydrogen-bond donors (Lipinski definition) is 2. The van der Waals surface area contributed by atoms with Crippen molar-refractivity contribution >= 4 is 28.9 Å². The Labute approximate surface area is 125 Å². The van der Waals surface area contributed by atoms with Crippen molar-refractivity contribution in [3.63, 3.8) is 0 Å². The van der Waals surface area contributed by atoms with E-state index in [4.69, 9.17) is 23.1 Å². The fourth-order valence-corrected chi connectivity index (χ4v) is 2.70. The van der Waals surface area contributed by atoms with Gasteiger partial charge in [0, 0.05) is 18.3 Å². The molecule has 1 fully saturated rings. The Bertz CT molecular complexity index is 512. The van der Waals surface area contributed by atoms with Crippen molar-refractivity contribution in [2.24, 2.45) is 11.7 Å². The van der Waals surface area contributed by atoms with E-state index in [2.05, 4.69) is 18.7 Å². The van der Waals surface area contributed by atoms with Gasteiger partial charge in [-0.3, -0.25) is 4.79 Å². The second-order valence-corrected chi connectivity index (χ2v) is 6.28. The number of rotatable bonds is 6. The third-order valence-corrected chi connectivity index (χ3v) is 3.86. The molecule has 1 saturated carbocycles. The molecule has 0 radical (unpaired) electrons. The minimum absolute atomic E-state index is 0.422. The van der Waals surface area contributed by atoms with Gasteiger partial charge in [0.2, 0.25) is 0 Å². The van der Waals surface area contributed by atoms with E-state index in [-0.39, 0.29) is 0 Å². The Morgan fingerprint density at radius 3 is 2.60 bits per heavy atom. The number of nitrogens with zero attached hydrogens (tertiary/aromatic N) is 1. The van der Waals surface area contributed by atoms with Gasteiger partial charge in [0.25, 0.3) is 5.91 Å². The van der Waals surface area contributed by atoms with Crippen LogP contribution in [0, 0.1) is 5.92 Å². The fourth-order valence-electron chi connectivity index (χ4n) is 2.36. The van der Waals surface area contributed by atoms with Crippen LogP contribution in [0.5, 0.6) is 0 Å². The summed E-state index contributed by atoms with van der Waals surface area (Å²) < 4.78 is 0. The Hall–Kier alpha value is -1.42. The zero-order chi connectivity index (χ0) is 14.9. The first-order valence-corrected chi connectivity index (χ1v) is 7.43. The van der Waals surface area contributed by atoms with Crippen LogP contribution in [-0.2, 0) is 0 Å². The average molecular weight is 296 g/mol. The minimum atomic E-state index is -0.482. The number of benzene rings is 1. The van der Waals surface area contributed by atoms with E-state index in [1.807, 2.05) is 0 Å². The molecule has 0 aliphatic heterocycles. The first-order chi connectivity index (χ1) is 9.40. The van der Waals surface area contributed by atoms with E-state index in [0.29, 0.717) is 28.2 Å². The van der Waals surface area contributed by atoms with Crippen LogP contribution in [0.4, 0.5) is 11.4 Å². The molecule has 0 unspecified atom stereocenters. The lowest BCUT2D eigenvalue weighted by Gasteiger charge is -2.28. The number of nitrogens with two attached hydrogens (primary N) is 2. The molecule has 0 atom stereocenters. The number of hydrogen-bond acceptors (Lipinski definition) is 3. The minimum Gasteiger partial charge on any atom is -0.399 e. The molecule has 4 nitrogen and oxygen atoms in total. The summed E-state index contributed by atoms with van der Waals surface area (Å²) in [5.41, 5.74) is 12.9. The van der Waals surface area contributed by atoms with Gasteiger partial charge in [-0.25, -0.2) is 0 Å². The van der Waals surface area contributed by atoms with E-state index in [0.717, 1.165) is 31.5 Å². The van der Waals surface area contributed by atoms with Crippen molar-refractivity contribution in [1.29, 1.82) is 0 Å². The maximum absolute atomic E-state index is 11.7. The monoisotopic (exact) mass is 295 g/mol. The maximum atomic E-state index is 11.7. The first-order valence-electron chi connectivity index (χ1n) is 7.05. The predicted octanol–water partition coefficient (Wildman–Crippen LogP) is 3.04. The largest absolute Gasteiger partial charge is 0.399 e. The summed E-state index contributed by atoms with van der Waals surface area (Å²) in [7, 11) is 0. The van der Waals surface area contributed by atoms with Gasteiger partial charge in [-0.15, -0.1) is 0 Å². The molecule has 20 heavy (non-hydrogen) atoms. The van der Waals surface area contributed by atoms with Gasteiger partial charge in [-0.1, -0.05) is 25.4 Å². The molecule has 1 aromatic carbocycles. The normalized spacial score (nSPS) is 14.6. The molecule has 0 spiro atoms. The van der Waals surface area contributed by atoms with Crippen molar-refractivity contribution in [2.45, 2.75) is 39.2 Å². The van der Waals surface area contributed by atoms with E-state index in [9.17, 15) is 4.79 Å². The smallest absolute Gasteiger partial charge is 0.250 e. The highest BCUT2D eigenvalue weighted by atomic mass is 35.5. The Balaban J connectivity index is 2.39. The lowest BCUT2D eigenvalue weighted by molar-refractivity contribution is 0.100. The Morgan fingerprint density at radius 2 is 2.10 bits per heavy atom. The molecule has 1 aromatic rings. The highest BCUT2D eigenvalue weighted by molar-refractivity contribution is 6.34. The molecule has 0 bridgehead atoms. The molecule has 1 aliphatic carbocycles. The molecule has 2 rings (SSSR count). The summed E-state index contributed by atoms with van der Waals surface area (Å²) in [5, 5.41) is 0.509.